The summed E-state index contributed by atoms with van der Waals surface area (Å²) in [6.45, 7) is 5.03. The van der Waals surface area contributed by atoms with E-state index in [0.29, 0.717) is 10.4 Å². The fraction of sp³-hybridized carbons (Fsp3) is 0.263. The molecule has 0 bridgehead atoms. The third-order valence-electron chi connectivity index (χ3n) is 4.63. The maximum atomic E-state index is 12.9. The molecule has 27 heavy (non-hydrogen) atoms. The summed E-state index contributed by atoms with van der Waals surface area (Å²) >= 11 is 0. The molecule has 8 heteroatoms. The Morgan fingerprint density at radius 1 is 0.926 bits per heavy atom. The van der Waals surface area contributed by atoms with Gasteiger partial charge in [-0.15, -0.1) is 24.8 Å². The van der Waals surface area contributed by atoms with Crippen LogP contribution in [0.5, 0.6) is 0 Å². The molecule has 0 amide bonds. The van der Waals surface area contributed by atoms with E-state index >= 15 is 0 Å². The molecule has 2 heterocycles. The van der Waals surface area contributed by atoms with Crippen LogP contribution in [0, 0.1) is 0 Å². The summed E-state index contributed by atoms with van der Waals surface area (Å²) in [6.07, 6.45) is 1.64. The lowest BCUT2D eigenvalue weighted by Crippen LogP contribution is -2.42. The molecule has 4 rings (SSSR count). The van der Waals surface area contributed by atoms with Crippen molar-refractivity contribution in [2.45, 2.75) is 11.4 Å². The molecular weight excluding hydrogens is 405 g/mol. The van der Waals surface area contributed by atoms with Crippen LogP contribution in [-0.4, -0.2) is 43.5 Å². The summed E-state index contributed by atoms with van der Waals surface area (Å²) in [6, 6.07) is 16.4. The van der Waals surface area contributed by atoms with Gasteiger partial charge in [0.25, 0.3) is 10.0 Å². The van der Waals surface area contributed by atoms with E-state index in [2.05, 4.69) is 16.3 Å². The molecule has 0 radical (unpaired) electrons. The van der Waals surface area contributed by atoms with Crippen molar-refractivity contribution in [2.24, 2.45) is 0 Å². The lowest BCUT2D eigenvalue weighted by molar-refractivity contribution is 0.233. The van der Waals surface area contributed by atoms with Crippen LogP contribution in [0.2, 0.25) is 0 Å². The highest BCUT2D eigenvalue weighted by Crippen LogP contribution is 2.23. The van der Waals surface area contributed by atoms with Gasteiger partial charge in [0.2, 0.25) is 0 Å². The van der Waals surface area contributed by atoms with Crippen LogP contribution in [0.1, 0.15) is 5.56 Å². The van der Waals surface area contributed by atoms with E-state index in [1.54, 1.807) is 30.5 Å². The second-order valence-corrected chi connectivity index (χ2v) is 8.16. The van der Waals surface area contributed by atoms with Gasteiger partial charge in [0.05, 0.1) is 10.4 Å². The van der Waals surface area contributed by atoms with Crippen molar-refractivity contribution in [2.75, 3.05) is 26.2 Å². The third-order valence-corrected chi connectivity index (χ3v) is 6.34. The first-order valence-corrected chi connectivity index (χ1v) is 9.92. The monoisotopic (exact) mass is 427 g/mol. The summed E-state index contributed by atoms with van der Waals surface area (Å²) in [5.74, 6) is 0. The zero-order valence-electron chi connectivity index (χ0n) is 14.7. The van der Waals surface area contributed by atoms with Crippen molar-refractivity contribution in [1.82, 2.24) is 14.2 Å². The van der Waals surface area contributed by atoms with Crippen LogP contribution >= 0.6 is 24.8 Å². The molecule has 0 aliphatic carbocycles. The molecule has 3 aromatic rings. The molecule has 0 spiro atoms. The van der Waals surface area contributed by atoms with Gasteiger partial charge in [-0.3, -0.25) is 4.90 Å². The number of piperazine rings is 1. The maximum absolute atomic E-state index is 12.9. The molecule has 1 saturated heterocycles. The van der Waals surface area contributed by atoms with E-state index in [1.165, 1.54) is 9.54 Å². The number of fused-ring (bicyclic) bond motifs is 1. The van der Waals surface area contributed by atoms with Crippen molar-refractivity contribution in [3.8, 4) is 0 Å². The number of aromatic nitrogens is 1. The van der Waals surface area contributed by atoms with E-state index in [0.717, 1.165) is 38.1 Å². The van der Waals surface area contributed by atoms with Gasteiger partial charge >= 0.3 is 0 Å². The molecular formula is C19H23Cl2N3O2S. The number of nitrogens with zero attached hydrogens (tertiary/aromatic N) is 2. The molecule has 0 saturated carbocycles. The molecule has 1 aromatic heterocycles. The zero-order valence-corrected chi connectivity index (χ0v) is 17.2. The van der Waals surface area contributed by atoms with Gasteiger partial charge in [-0.05, 0) is 35.9 Å². The molecule has 146 valence electrons. The number of hydrogen-bond acceptors (Lipinski definition) is 4. The number of nitrogens with one attached hydrogen (secondary N) is 1. The quantitative estimate of drug-likeness (QED) is 0.694. The van der Waals surface area contributed by atoms with Gasteiger partial charge < -0.3 is 5.32 Å². The Morgan fingerprint density at radius 2 is 1.63 bits per heavy atom. The Bertz CT molecular complexity index is 985. The van der Waals surface area contributed by atoms with Crippen LogP contribution in [0.25, 0.3) is 10.9 Å². The first-order valence-electron chi connectivity index (χ1n) is 8.48. The first kappa shape index (κ1) is 21.7. The van der Waals surface area contributed by atoms with Crippen LogP contribution in [-0.2, 0) is 16.6 Å². The Hall–Kier alpha value is -1.57. The lowest BCUT2D eigenvalue weighted by atomic mass is 10.1. The predicted molar refractivity (Wildman–Crippen MR) is 114 cm³/mol. The zero-order chi connectivity index (χ0) is 17.3. The number of hydrogen-bond donors (Lipinski definition) is 1. The first-order chi connectivity index (χ1) is 12.1. The minimum absolute atomic E-state index is 0. The second-order valence-electron chi connectivity index (χ2n) is 6.35. The highest BCUT2D eigenvalue weighted by atomic mass is 35.5. The van der Waals surface area contributed by atoms with Gasteiger partial charge in [-0.2, -0.15) is 0 Å². The minimum atomic E-state index is -3.56. The number of benzene rings is 2. The Balaban J connectivity index is 0.00000131. The van der Waals surface area contributed by atoms with Crippen LogP contribution in [0.15, 0.2) is 65.7 Å². The Morgan fingerprint density at radius 3 is 2.33 bits per heavy atom. The SMILES string of the molecule is Cl.Cl.O=S(=O)(c1ccccc1)n1ccc2cc(CN3CCNCC3)ccc21. The van der Waals surface area contributed by atoms with Gasteiger partial charge in [0.1, 0.15) is 0 Å². The van der Waals surface area contributed by atoms with Gasteiger partial charge in [-0.1, -0.05) is 24.3 Å². The van der Waals surface area contributed by atoms with E-state index in [4.69, 9.17) is 0 Å². The topological polar surface area (TPSA) is 54.3 Å². The number of rotatable bonds is 4. The molecule has 1 aliphatic rings. The van der Waals surface area contributed by atoms with Crippen molar-refractivity contribution in [3.05, 3.63) is 66.4 Å². The third kappa shape index (κ3) is 4.47. The molecule has 1 N–H and O–H groups in total. The Labute approximate surface area is 172 Å². The fourth-order valence-corrected chi connectivity index (χ4v) is 4.68. The van der Waals surface area contributed by atoms with Crippen LogP contribution in [0.4, 0.5) is 0 Å². The van der Waals surface area contributed by atoms with E-state index in [-0.39, 0.29) is 24.8 Å². The smallest absolute Gasteiger partial charge is 0.268 e. The van der Waals surface area contributed by atoms with Crippen LogP contribution < -0.4 is 5.32 Å². The molecule has 0 atom stereocenters. The van der Waals surface area contributed by atoms with Gasteiger partial charge in [-0.25, -0.2) is 12.4 Å². The molecule has 2 aromatic carbocycles. The van der Waals surface area contributed by atoms with Crippen molar-refractivity contribution in [1.29, 1.82) is 0 Å². The number of halogens is 2. The summed E-state index contributed by atoms with van der Waals surface area (Å²) in [5.41, 5.74) is 1.93. The van der Waals surface area contributed by atoms with E-state index in [1.807, 2.05) is 24.3 Å². The van der Waals surface area contributed by atoms with E-state index in [9.17, 15) is 8.42 Å². The van der Waals surface area contributed by atoms with Gasteiger partial charge in [0.15, 0.2) is 0 Å². The highest BCUT2D eigenvalue weighted by Gasteiger charge is 2.18. The molecule has 0 unspecified atom stereocenters. The summed E-state index contributed by atoms with van der Waals surface area (Å²) in [5, 5.41) is 4.30. The Kier molecular flexibility index (Phi) is 7.31. The standard InChI is InChI=1S/C19H21N3O2S.2ClH/c23-25(24,18-4-2-1-3-5-18)22-11-8-17-14-16(6-7-19(17)22)15-21-12-9-20-10-13-21;;/h1-8,11,14,20H,9-10,12-13,15H2;2*1H. The largest absolute Gasteiger partial charge is 0.314 e. The molecule has 1 aliphatic heterocycles. The molecule has 1 fully saturated rings. The molecule has 5 nitrogen and oxygen atoms in total. The lowest BCUT2D eigenvalue weighted by Gasteiger charge is -2.27. The van der Waals surface area contributed by atoms with Crippen molar-refractivity contribution >= 4 is 45.7 Å². The second kappa shape index (κ2) is 9.08. The summed E-state index contributed by atoms with van der Waals surface area (Å²) in [4.78, 5) is 2.72. The van der Waals surface area contributed by atoms with Gasteiger partial charge in [0, 0.05) is 44.3 Å². The normalized spacial score (nSPS) is 15.1. The predicted octanol–water partition coefficient (Wildman–Crippen LogP) is 3.13. The maximum Gasteiger partial charge on any atom is 0.268 e. The van der Waals surface area contributed by atoms with Crippen molar-refractivity contribution in [3.63, 3.8) is 0 Å². The fourth-order valence-electron chi connectivity index (χ4n) is 3.31. The summed E-state index contributed by atoms with van der Waals surface area (Å²) in [7, 11) is -3.56. The minimum Gasteiger partial charge on any atom is -0.314 e. The summed E-state index contributed by atoms with van der Waals surface area (Å²) < 4.78 is 27.1. The van der Waals surface area contributed by atoms with Crippen LogP contribution in [0.3, 0.4) is 0 Å². The average molecular weight is 428 g/mol. The van der Waals surface area contributed by atoms with Crippen molar-refractivity contribution < 1.29 is 8.42 Å². The van der Waals surface area contributed by atoms with E-state index < -0.39 is 10.0 Å². The highest BCUT2D eigenvalue weighted by molar-refractivity contribution is 7.90. The average Bonchev–Trinajstić information content (AvgIpc) is 3.07.